The molecule has 0 spiro atoms. The van der Waals surface area contributed by atoms with Crippen molar-refractivity contribution in [1.82, 2.24) is 20.4 Å². The Morgan fingerprint density at radius 2 is 1.75 bits per heavy atom. The molecule has 0 saturated carbocycles. The standard InChI is InChI=1S/C21H35N5S.HI/c1-3-25-10-12-26(13-11-25)17-19-8-6-18(7-9-19)15-23-21(22-2)24-16-20-5-4-14-27-20;/h6-9,20H,3-5,10-17H2,1-2H3,(H2,22,23,24);1H. The van der Waals surface area contributed by atoms with Crippen LogP contribution in [0.1, 0.15) is 30.9 Å². The van der Waals surface area contributed by atoms with Crippen LogP contribution in [0, 0.1) is 0 Å². The summed E-state index contributed by atoms with van der Waals surface area (Å²) in [6.45, 7) is 11.1. The van der Waals surface area contributed by atoms with E-state index < -0.39 is 0 Å². The molecular formula is C21H36IN5S. The lowest BCUT2D eigenvalue weighted by Gasteiger charge is -2.34. The Kier molecular flexibility index (Phi) is 11.0. The van der Waals surface area contributed by atoms with E-state index in [-0.39, 0.29) is 24.0 Å². The van der Waals surface area contributed by atoms with Gasteiger partial charge in [-0.15, -0.1) is 24.0 Å². The molecular weight excluding hydrogens is 481 g/mol. The Bertz CT molecular complexity index is 581. The van der Waals surface area contributed by atoms with Crippen molar-refractivity contribution in [3.63, 3.8) is 0 Å². The Labute approximate surface area is 192 Å². The molecule has 2 aliphatic heterocycles. The average molecular weight is 518 g/mol. The van der Waals surface area contributed by atoms with Gasteiger partial charge in [0.1, 0.15) is 0 Å². The second-order valence-electron chi connectivity index (χ2n) is 7.47. The molecule has 2 N–H and O–H groups in total. The lowest BCUT2D eigenvalue weighted by atomic mass is 10.1. The SMILES string of the molecule is CCN1CCN(Cc2ccc(CNC(=NC)NCC3CCCS3)cc2)CC1.I. The van der Waals surface area contributed by atoms with E-state index in [0.29, 0.717) is 0 Å². The molecule has 158 valence electrons. The van der Waals surface area contributed by atoms with Crippen molar-refractivity contribution >= 4 is 41.7 Å². The first-order chi connectivity index (χ1) is 13.3. The molecule has 2 saturated heterocycles. The predicted molar refractivity (Wildman–Crippen MR) is 133 cm³/mol. The summed E-state index contributed by atoms with van der Waals surface area (Å²) >= 11 is 2.07. The van der Waals surface area contributed by atoms with Crippen molar-refractivity contribution in [2.45, 2.75) is 38.1 Å². The first-order valence-electron chi connectivity index (χ1n) is 10.4. The molecule has 7 heteroatoms. The largest absolute Gasteiger partial charge is 0.355 e. The maximum Gasteiger partial charge on any atom is 0.191 e. The van der Waals surface area contributed by atoms with Gasteiger partial charge >= 0.3 is 0 Å². The number of halogens is 1. The highest BCUT2D eigenvalue weighted by molar-refractivity contribution is 14.0. The van der Waals surface area contributed by atoms with Crippen LogP contribution in [-0.2, 0) is 13.1 Å². The van der Waals surface area contributed by atoms with Crippen LogP contribution in [0.25, 0.3) is 0 Å². The van der Waals surface area contributed by atoms with Crippen LogP contribution in [0.2, 0.25) is 0 Å². The van der Waals surface area contributed by atoms with Gasteiger partial charge in [0.05, 0.1) is 0 Å². The highest BCUT2D eigenvalue weighted by Gasteiger charge is 2.16. The lowest BCUT2D eigenvalue weighted by molar-refractivity contribution is 0.132. The smallest absolute Gasteiger partial charge is 0.191 e. The van der Waals surface area contributed by atoms with Crippen molar-refractivity contribution in [1.29, 1.82) is 0 Å². The molecule has 0 radical (unpaired) electrons. The number of nitrogens with one attached hydrogen (secondary N) is 2. The van der Waals surface area contributed by atoms with E-state index in [4.69, 9.17) is 0 Å². The fourth-order valence-corrected chi connectivity index (χ4v) is 4.91. The number of thioether (sulfide) groups is 1. The van der Waals surface area contributed by atoms with E-state index in [9.17, 15) is 0 Å². The van der Waals surface area contributed by atoms with E-state index in [1.165, 1.54) is 62.4 Å². The van der Waals surface area contributed by atoms with Crippen molar-refractivity contribution in [3.05, 3.63) is 35.4 Å². The number of benzene rings is 1. The summed E-state index contributed by atoms with van der Waals surface area (Å²) in [5.41, 5.74) is 2.71. The molecule has 3 rings (SSSR count). The Balaban J connectivity index is 0.00000280. The van der Waals surface area contributed by atoms with Crippen LogP contribution >= 0.6 is 35.7 Å². The van der Waals surface area contributed by atoms with Crippen LogP contribution in [0.15, 0.2) is 29.3 Å². The number of nitrogens with zero attached hydrogens (tertiary/aromatic N) is 3. The summed E-state index contributed by atoms with van der Waals surface area (Å²) in [4.78, 5) is 9.43. The lowest BCUT2D eigenvalue weighted by Crippen LogP contribution is -2.45. The maximum atomic E-state index is 4.35. The van der Waals surface area contributed by atoms with Crippen molar-refractivity contribution in [2.24, 2.45) is 4.99 Å². The summed E-state index contributed by atoms with van der Waals surface area (Å²) in [5.74, 6) is 2.21. The molecule has 1 aromatic carbocycles. The van der Waals surface area contributed by atoms with Gasteiger partial charge in [-0.2, -0.15) is 11.8 Å². The Hall–Kier alpha value is -0.510. The third-order valence-electron chi connectivity index (χ3n) is 5.55. The Morgan fingerprint density at radius 1 is 1.07 bits per heavy atom. The zero-order chi connectivity index (χ0) is 18.9. The van der Waals surface area contributed by atoms with Crippen LogP contribution in [0.4, 0.5) is 0 Å². The van der Waals surface area contributed by atoms with Crippen LogP contribution in [-0.4, -0.2) is 73.1 Å². The predicted octanol–water partition coefficient (Wildman–Crippen LogP) is 3.00. The van der Waals surface area contributed by atoms with Crippen LogP contribution < -0.4 is 10.6 Å². The number of hydrogen-bond acceptors (Lipinski definition) is 4. The summed E-state index contributed by atoms with van der Waals surface area (Å²) in [5, 5.41) is 7.64. The first kappa shape index (κ1) is 23.8. The highest BCUT2D eigenvalue weighted by atomic mass is 127. The van der Waals surface area contributed by atoms with E-state index in [1.807, 2.05) is 7.05 Å². The minimum Gasteiger partial charge on any atom is -0.355 e. The van der Waals surface area contributed by atoms with Gasteiger partial charge < -0.3 is 15.5 Å². The van der Waals surface area contributed by atoms with Crippen molar-refractivity contribution in [3.8, 4) is 0 Å². The third-order valence-corrected chi connectivity index (χ3v) is 6.94. The fourth-order valence-electron chi connectivity index (χ4n) is 3.71. The number of hydrogen-bond donors (Lipinski definition) is 2. The number of guanidine groups is 1. The molecule has 0 aliphatic carbocycles. The molecule has 2 heterocycles. The van der Waals surface area contributed by atoms with Crippen LogP contribution in [0.5, 0.6) is 0 Å². The first-order valence-corrected chi connectivity index (χ1v) is 11.4. The maximum absolute atomic E-state index is 4.35. The number of piperazine rings is 1. The van der Waals surface area contributed by atoms with Crippen molar-refractivity contribution < 1.29 is 0 Å². The summed E-state index contributed by atoms with van der Waals surface area (Å²) < 4.78 is 0. The van der Waals surface area contributed by atoms with Gasteiger partial charge in [-0.3, -0.25) is 9.89 Å². The minimum absolute atomic E-state index is 0. The summed E-state index contributed by atoms with van der Waals surface area (Å²) in [6, 6.07) is 9.03. The minimum atomic E-state index is 0. The van der Waals surface area contributed by atoms with E-state index in [0.717, 1.165) is 30.8 Å². The molecule has 28 heavy (non-hydrogen) atoms. The van der Waals surface area contributed by atoms with Gasteiger partial charge in [0.15, 0.2) is 5.96 Å². The molecule has 1 unspecified atom stereocenters. The molecule has 1 atom stereocenters. The highest BCUT2D eigenvalue weighted by Crippen LogP contribution is 2.25. The summed E-state index contributed by atoms with van der Waals surface area (Å²) in [6.07, 6.45) is 2.67. The number of rotatable bonds is 7. The molecule has 0 aromatic heterocycles. The van der Waals surface area contributed by atoms with E-state index in [1.54, 1.807) is 0 Å². The molecule has 2 fully saturated rings. The van der Waals surface area contributed by atoms with E-state index >= 15 is 0 Å². The quantitative estimate of drug-likeness (QED) is 0.331. The van der Waals surface area contributed by atoms with Crippen molar-refractivity contribution in [2.75, 3.05) is 52.1 Å². The van der Waals surface area contributed by atoms with Gasteiger partial charge in [0.2, 0.25) is 0 Å². The summed E-state index contributed by atoms with van der Waals surface area (Å²) in [7, 11) is 1.85. The third kappa shape index (κ3) is 7.72. The second-order valence-corrected chi connectivity index (χ2v) is 8.88. The number of aliphatic imine (C=N–C) groups is 1. The Morgan fingerprint density at radius 3 is 2.36 bits per heavy atom. The molecule has 0 bridgehead atoms. The number of likely N-dealkylation sites (N-methyl/N-ethyl adjacent to an activating group) is 1. The van der Waals surface area contributed by atoms with E-state index in [2.05, 4.69) is 68.4 Å². The zero-order valence-electron chi connectivity index (χ0n) is 17.3. The van der Waals surface area contributed by atoms with Gasteiger partial charge in [0.25, 0.3) is 0 Å². The topological polar surface area (TPSA) is 42.9 Å². The van der Waals surface area contributed by atoms with Gasteiger partial charge in [0, 0.05) is 58.1 Å². The second kappa shape index (κ2) is 12.9. The molecule has 2 aliphatic rings. The van der Waals surface area contributed by atoms with Gasteiger partial charge in [-0.25, -0.2) is 0 Å². The molecule has 0 amide bonds. The molecule has 5 nitrogen and oxygen atoms in total. The normalized spacial score (nSPS) is 21.4. The van der Waals surface area contributed by atoms with Crippen LogP contribution in [0.3, 0.4) is 0 Å². The van der Waals surface area contributed by atoms with Gasteiger partial charge in [-0.1, -0.05) is 31.2 Å². The fraction of sp³-hybridized carbons (Fsp3) is 0.667. The zero-order valence-corrected chi connectivity index (χ0v) is 20.5. The average Bonchev–Trinajstić information content (AvgIpc) is 3.23. The molecule has 1 aromatic rings. The van der Waals surface area contributed by atoms with Gasteiger partial charge in [-0.05, 0) is 36.3 Å². The monoisotopic (exact) mass is 517 g/mol.